The highest BCUT2D eigenvalue weighted by molar-refractivity contribution is 4.74. The maximum Gasteiger partial charge on any atom is 0.00612 e. The highest BCUT2D eigenvalue weighted by Gasteiger charge is 2.22. The first-order valence-corrected chi connectivity index (χ1v) is 6.01. The van der Waals surface area contributed by atoms with Gasteiger partial charge in [-0.1, -0.05) is 34.6 Å². The Labute approximate surface area is 90.9 Å². The third-order valence-corrected chi connectivity index (χ3v) is 4.02. The SMILES string of the molecule is CCC(C)N(C)CCC(C)(C)C(C)C. The monoisotopic (exact) mass is 199 g/mol. The Bertz CT molecular complexity index is 149. The van der Waals surface area contributed by atoms with Gasteiger partial charge in [0.05, 0.1) is 0 Å². The Morgan fingerprint density at radius 2 is 1.64 bits per heavy atom. The Kier molecular flexibility index (Phi) is 5.73. The van der Waals surface area contributed by atoms with Crippen LogP contribution in [0.5, 0.6) is 0 Å². The lowest BCUT2D eigenvalue weighted by molar-refractivity contribution is 0.167. The van der Waals surface area contributed by atoms with Crippen LogP contribution in [0.4, 0.5) is 0 Å². The molecule has 14 heavy (non-hydrogen) atoms. The number of hydrogen-bond donors (Lipinski definition) is 0. The van der Waals surface area contributed by atoms with E-state index in [2.05, 4.69) is 53.5 Å². The molecule has 1 atom stereocenters. The van der Waals surface area contributed by atoms with Gasteiger partial charge in [-0.05, 0) is 44.7 Å². The van der Waals surface area contributed by atoms with Gasteiger partial charge in [0.15, 0.2) is 0 Å². The fourth-order valence-corrected chi connectivity index (χ4v) is 1.29. The minimum atomic E-state index is 0.474. The smallest absolute Gasteiger partial charge is 0.00612 e. The van der Waals surface area contributed by atoms with Crippen LogP contribution in [0.2, 0.25) is 0 Å². The molecular formula is C13H29N. The molecule has 0 heterocycles. The topological polar surface area (TPSA) is 3.24 Å². The summed E-state index contributed by atoms with van der Waals surface area (Å²) in [6, 6.07) is 0.720. The molecule has 0 saturated carbocycles. The number of nitrogens with zero attached hydrogens (tertiary/aromatic N) is 1. The summed E-state index contributed by atoms with van der Waals surface area (Å²) in [5.41, 5.74) is 0.474. The van der Waals surface area contributed by atoms with E-state index in [-0.39, 0.29) is 0 Å². The van der Waals surface area contributed by atoms with Crippen molar-refractivity contribution >= 4 is 0 Å². The van der Waals surface area contributed by atoms with Crippen LogP contribution in [0.15, 0.2) is 0 Å². The summed E-state index contributed by atoms with van der Waals surface area (Å²) in [4.78, 5) is 2.48. The van der Waals surface area contributed by atoms with E-state index in [0.717, 1.165) is 12.0 Å². The molecule has 0 bridgehead atoms. The zero-order chi connectivity index (χ0) is 11.4. The summed E-state index contributed by atoms with van der Waals surface area (Å²) in [7, 11) is 2.24. The molecule has 0 radical (unpaired) electrons. The van der Waals surface area contributed by atoms with Gasteiger partial charge >= 0.3 is 0 Å². The average molecular weight is 199 g/mol. The summed E-state index contributed by atoms with van der Waals surface area (Å²) in [6.07, 6.45) is 2.55. The van der Waals surface area contributed by atoms with Crippen LogP contribution in [-0.2, 0) is 0 Å². The van der Waals surface area contributed by atoms with E-state index in [1.807, 2.05) is 0 Å². The molecule has 0 aliphatic rings. The maximum atomic E-state index is 2.48. The first kappa shape index (κ1) is 14.0. The van der Waals surface area contributed by atoms with E-state index in [4.69, 9.17) is 0 Å². The largest absolute Gasteiger partial charge is 0.304 e. The fraction of sp³-hybridized carbons (Fsp3) is 1.00. The molecule has 1 unspecified atom stereocenters. The van der Waals surface area contributed by atoms with Crippen molar-refractivity contribution in [2.24, 2.45) is 11.3 Å². The van der Waals surface area contributed by atoms with Crippen LogP contribution in [0.3, 0.4) is 0 Å². The van der Waals surface area contributed by atoms with Gasteiger partial charge in [0.1, 0.15) is 0 Å². The van der Waals surface area contributed by atoms with Crippen molar-refractivity contribution in [1.82, 2.24) is 4.90 Å². The molecule has 1 heteroatoms. The van der Waals surface area contributed by atoms with Gasteiger partial charge in [-0.15, -0.1) is 0 Å². The highest BCUT2D eigenvalue weighted by Crippen LogP contribution is 2.30. The van der Waals surface area contributed by atoms with Crippen molar-refractivity contribution in [1.29, 1.82) is 0 Å². The quantitative estimate of drug-likeness (QED) is 0.629. The molecule has 86 valence electrons. The molecule has 0 aromatic rings. The van der Waals surface area contributed by atoms with Crippen LogP contribution in [0.1, 0.15) is 54.4 Å². The first-order chi connectivity index (χ1) is 6.31. The minimum absolute atomic E-state index is 0.474. The predicted octanol–water partition coefficient (Wildman–Crippen LogP) is 3.79. The lowest BCUT2D eigenvalue weighted by Crippen LogP contribution is -2.33. The normalized spacial score (nSPS) is 15.2. The molecule has 0 fully saturated rings. The Balaban J connectivity index is 3.93. The molecule has 0 aliphatic carbocycles. The second-order valence-electron chi connectivity index (χ2n) is 5.63. The lowest BCUT2D eigenvalue weighted by atomic mass is 9.78. The van der Waals surface area contributed by atoms with E-state index in [9.17, 15) is 0 Å². The lowest BCUT2D eigenvalue weighted by Gasteiger charge is -2.33. The zero-order valence-corrected chi connectivity index (χ0v) is 11.2. The standard InChI is InChI=1S/C13H29N/c1-8-12(4)14(7)10-9-13(5,6)11(2)3/h11-12H,8-10H2,1-7H3. The van der Waals surface area contributed by atoms with E-state index in [1.165, 1.54) is 19.4 Å². The zero-order valence-electron chi connectivity index (χ0n) is 11.2. The van der Waals surface area contributed by atoms with Crippen LogP contribution in [0.25, 0.3) is 0 Å². The third-order valence-electron chi connectivity index (χ3n) is 4.02. The van der Waals surface area contributed by atoms with Crippen molar-refractivity contribution in [3.8, 4) is 0 Å². The molecule has 0 N–H and O–H groups in total. The molecule has 0 aliphatic heterocycles. The Morgan fingerprint density at radius 3 is 2.00 bits per heavy atom. The van der Waals surface area contributed by atoms with Gasteiger partial charge < -0.3 is 4.90 Å². The molecule has 0 amide bonds. The first-order valence-electron chi connectivity index (χ1n) is 6.01. The Hall–Kier alpha value is -0.0400. The van der Waals surface area contributed by atoms with Crippen molar-refractivity contribution < 1.29 is 0 Å². The third kappa shape index (κ3) is 4.45. The Morgan fingerprint density at radius 1 is 1.14 bits per heavy atom. The number of rotatable bonds is 6. The van der Waals surface area contributed by atoms with Crippen LogP contribution >= 0.6 is 0 Å². The summed E-state index contributed by atoms with van der Waals surface area (Å²) >= 11 is 0. The van der Waals surface area contributed by atoms with E-state index in [0.29, 0.717) is 5.41 Å². The summed E-state index contributed by atoms with van der Waals surface area (Å²) in [5, 5.41) is 0. The van der Waals surface area contributed by atoms with Crippen molar-refractivity contribution in [3.63, 3.8) is 0 Å². The predicted molar refractivity (Wildman–Crippen MR) is 65.6 cm³/mol. The average Bonchev–Trinajstić information content (AvgIpc) is 2.12. The van der Waals surface area contributed by atoms with Gasteiger partial charge in [-0.25, -0.2) is 0 Å². The molecule has 0 spiro atoms. The maximum absolute atomic E-state index is 2.48. The van der Waals surface area contributed by atoms with Gasteiger partial charge in [0.2, 0.25) is 0 Å². The van der Waals surface area contributed by atoms with Crippen molar-refractivity contribution in [3.05, 3.63) is 0 Å². The van der Waals surface area contributed by atoms with Gasteiger partial charge in [-0.2, -0.15) is 0 Å². The summed E-state index contributed by atoms with van der Waals surface area (Å²) in [6.45, 7) is 15.2. The van der Waals surface area contributed by atoms with Gasteiger partial charge in [0.25, 0.3) is 0 Å². The van der Waals surface area contributed by atoms with E-state index in [1.54, 1.807) is 0 Å². The van der Waals surface area contributed by atoms with Crippen molar-refractivity contribution in [2.75, 3.05) is 13.6 Å². The van der Waals surface area contributed by atoms with Crippen molar-refractivity contribution in [2.45, 2.75) is 60.4 Å². The minimum Gasteiger partial charge on any atom is -0.304 e. The summed E-state index contributed by atoms with van der Waals surface area (Å²) < 4.78 is 0. The molecule has 0 aromatic carbocycles. The van der Waals surface area contributed by atoms with Crippen LogP contribution < -0.4 is 0 Å². The van der Waals surface area contributed by atoms with Crippen LogP contribution in [0, 0.1) is 11.3 Å². The molecular weight excluding hydrogens is 170 g/mol. The molecule has 0 saturated heterocycles. The number of hydrogen-bond acceptors (Lipinski definition) is 1. The fourth-order valence-electron chi connectivity index (χ4n) is 1.29. The van der Waals surface area contributed by atoms with Crippen LogP contribution in [-0.4, -0.2) is 24.5 Å². The highest BCUT2D eigenvalue weighted by atomic mass is 15.1. The molecule has 1 nitrogen and oxygen atoms in total. The molecule has 0 rings (SSSR count). The van der Waals surface area contributed by atoms with E-state index >= 15 is 0 Å². The second kappa shape index (κ2) is 5.75. The summed E-state index contributed by atoms with van der Waals surface area (Å²) in [5.74, 6) is 0.771. The molecule has 0 aromatic heterocycles. The van der Waals surface area contributed by atoms with Gasteiger partial charge in [-0.3, -0.25) is 0 Å². The van der Waals surface area contributed by atoms with E-state index < -0.39 is 0 Å². The second-order valence-corrected chi connectivity index (χ2v) is 5.63. The van der Waals surface area contributed by atoms with Gasteiger partial charge in [0, 0.05) is 6.04 Å².